The Morgan fingerprint density at radius 2 is 2.07 bits per heavy atom. The Bertz CT molecular complexity index is 792. The average Bonchev–Trinajstić information content (AvgIpc) is 2.58. The van der Waals surface area contributed by atoms with Gasteiger partial charge in [0, 0.05) is 39.2 Å². The number of esters is 1. The molecule has 1 aromatic heterocycles. The fourth-order valence-electron chi connectivity index (χ4n) is 3.08. The third-order valence-corrected chi connectivity index (χ3v) is 4.10. The summed E-state index contributed by atoms with van der Waals surface area (Å²) in [5.74, 6) is -0.627. The molecule has 0 unspecified atom stereocenters. The fraction of sp³-hybridized carbons (Fsp3) is 0.611. The van der Waals surface area contributed by atoms with E-state index in [-0.39, 0.29) is 29.1 Å². The van der Waals surface area contributed by atoms with Gasteiger partial charge in [-0.15, -0.1) is 0 Å². The summed E-state index contributed by atoms with van der Waals surface area (Å²) in [5, 5.41) is 17.2. The molecular weight excluding hydrogens is 382 g/mol. The molecule has 1 aliphatic heterocycles. The standard InChI is InChI=1S/C18H27N5O6/c1-11(24)28-14-9-13(15(23(26)27)16(19-5)21-14)22-8-6-7-12(10-22)20-17(25)29-18(2,3)4/h9,12H,6-8,10H2,1-5H3,(H,19,21)(H,20,25)/t12-/m1/s1. The molecule has 29 heavy (non-hydrogen) atoms. The van der Waals surface area contributed by atoms with Crippen LogP contribution in [0.4, 0.5) is 22.0 Å². The maximum absolute atomic E-state index is 12.1. The number of nitro groups is 1. The van der Waals surface area contributed by atoms with E-state index in [1.54, 1.807) is 25.7 Å². The summed E-state index contributed by atoms with van der Waals surface area (Å²) in [6, 6.07) is 1.12. The smallest absolute Gasteiger partial charge is 0.407 e. The molecule has 2 heterocycles. The van der Waals surface area contributed by atoms with Gasteiger partial charge in [-0.05, 0) is 33.6 Å². The van der Waals surface area contributed by atoms with Gasteiger partial charge in [-0.25, -0.2) is 4.79 Å². The van der Waals surface area contributed by atoms with E-state index in [0.29, 0.717) is 25.9 Å². The third kappa shape index (κ3) is 6.19. The molecule has 0 spiro atoms. The van der Waals surface area contributed by atoms with E-state index in [2.05, 4.69) is 15.6 Å². The maximum atomic E-state index is 12.1. The van der Waals surface area contributed by atoms with Crippen LogP contribution in [0.15, 0.2) is 6.07 Å². The Morgan fingerprint density at radius 1 is 1.38 bits per heavy atom. The van der Waals surface area contributed by atoms with Gasteiger partial charge in [-0.1, -0.05) is 0 Å². The van der Waals surface area contributed by atoms with E-state index in [9.17, 15) is 19.7 Å². The van der Waals surface area contributed by atoms with Crippen molar-refractivity contribution in [2.75, 3.05) is 30.4 Å². The number of nitrogens with zero attached hydrogens (tertiary/aromatic N) is 3. The first kappa shape index (κ1) is 22.2. The van der Waals surface area contributed by atoms with Crippen LogP contribution in [-0.2, 0) is 9.53 Å². The van der Waals surface area contributed by atoms with Gasteiger partial charge in [0.2, 0.25) is 11.7 Å². The van der Waals surface area contributed by atoms with Gasteiger partial charge in [0.15, 0.2) is 0 Å². The molecule has 2 N–H and O–H groups in total. The highest BCUT2D eigenvalue weighted by atomic mass is 16.6. The molecule has 0 saturated carbocycles. The molecule has 1 amide bonds. The number of alkyl carbamates (subject to hydrolysis) is 1. The second-order valence-corrected chi connectivity index (χ2v) is 7.71. The molecule has 11 nitrogen and oxygen atoms in total. The first-order chi connectivity index (χ1) is 13.5. The molecule has 1 aliphatic rings. The highest BCUT2D eigenvalue weighted by Gasteiger charge is 2.31. The minimum atomic E-state index is -0.622. The molecule has 0 radical (unpaired) electrons. The Labute approximate surface area is 168 Å². The van der Waals surface area contributed by atoms with Crippen molar-refractivity contribution in [2.45, 2.75) is 52.2 Å². The summed E-state index contributed by atoms with van der Waals surface area (Å²) in [5.41, 5.74) is -0.578. The lowest BCUT2D eigenvalue weighted by atomic mass is 10.0. The van der Waals surface area contributed by atoms with Gasteiger partial charge >= 0.3 is 17.7 Å². The van der Waals surface area contributed by atoms with Crippen LogP contribution in [-0.4, -0.2) is 53.7 Å². The predicted octanol–water partition coefficient (Wildman–Crippen LogP) is 2.45. The monoisotopic (exact) mass is 409 g/mol. The maximum Gasteiger partial charge on any atom is 0.407 e. The van der Waals surface area contributed by atoms with Crippen LogP contribution in [0, 0.1) is 10.1 Å². The van der Waals surface area contributed by atoms with Gasteiger partial charge in [0.05, 0.1) is 4.92 Å². The summed E-state index contributed by atoms with van der Waals surface area (Å²) in [7, 11) is 1.50. The minimum absolute atomic E-state index is 0.00836. The summed E-state index contributed by atoms with van der Waals surface area (Å²) in [6.45, 7) is 7.43. The number of nitrogens with one attached hydrogen (secondary N) is 2. The third-order valence-electron chi connectivity index (χ3n) is 4.10. The number of piperidine rings is 1. The topological polar surface area (TPSA) is 136 Å². The van der Waals surface area contributed by atoms with Crippen molar-refractivity contribution >= 4 is 29.3 Å². The molecule has 0 bridgehead atoms. The zero-order chi connectivity index (χ0) is 21.8. The van der Waals surface area contributed by atoms with Crippen LogP contribution in [0.5, 0.6) is 5.88 Å². The zero-order valence-electron chi connectivity index (χ0n) is 17.3. The van der Waals surface area contributed by atoms with E-state index in [0.717, 1.165) is 0 Å². The van der Waals surface area contributed by atoms with Crippen molar-refractivity contribution in [1.82, 2.24) is 10.3 Å². The van der Waals surface area contributed by atoms with Crippen molar-refractivity contribution < 1.29 is 24.0 Å². The van der Waals surface area contributed by atoms with E-state index in [1.165, 1.54) is 20.0 Å². The quantitative estimate of drug-likeness (QED) is 0.427. The largest absolute Gasteiger partial charge is 0.444 e. The Kier molecular flexibility index (Phi) is 6.83. The van der Waals surface area contributed by atoms with Crippen LogP contribution >= 0.6 is 0 Å². The van der Waals surface area contributed by atoms with Crippen LogP contribution in [0.2, 0.25) is 0 Å². The van der Waals surface area contributed by atoms with Crippen LogP contribution in [0.3, 0.4) is 0 Å². The number of anilines is 2. The molecule has 160 valence electrons. The summed E-state index contributed by atoms with van der Waals surface area (Å²) >= 11 is 0. The Balaban J connectivity index is 2.30. The highest BCUT2D eigenvalue weighted by molar-refractivity contribution is 5.77. The Hall–Kier alpha value is -3.11. The van der Waals surface area contributed by atoms with Gasteiger partial charge < -0.3 is 25.0 Å². The number of aromatic nitrogens is 1. The molecule has 1 fully saturated rings. The number of hydrogen-bond acceptors (Lipinski definition) is 9. The first-order valence-corrected chi connectivity index (χ1v) is 9.30. The predicted molar refractivity (Wildman–Crippen MR) is 106 cm³/mol. The number of ether oxygens (including phenoxy) is 2. The summed E-state index contributed by atoms with van der Waals surface area (Å²) in [6.07, 6.45) is 0.882. The van der Waals surface area contributed by atoms with Crippen LogP contribution < -0.4 is 20.3 Å². The van der Waals surface area contributed by atoms with Crippen molar-refractivity contribution in [3.63, 3.8) is 0 Å². The lowest BCUT2D eigenvalue weighted by Crippen LogP contribution is -2.49. The van der Waals surface area contributed by atoms with Crippen molar-refractivity contribution in [3.05, 3.63) is 16.2 Å². The minimum Gasteiger partial charge on any atom is -0.444 e. The normalized spacial score (nSPS) is 16.7. The molecule has 0 aliphatic carbocycles. The number of pyridine rings is 1. The lowest BCUT2D eigenvalue weighted by Gasteiger charge is -2.35. The van der Waals surface area contributed by atoms with Gasteiger partial charge in [0.25, 0.3) is 0 Å². The summed E-state index contributed by atoms with van der Waals surface area (Å²) < 4.78 is 10.3. The van der Waals surface area contributed by atoms with E-state index in [4.69, 9.17) is 9.47 Å². The number of amides is 1. The molecule has 1 aromatic rings. The SMILES string of the molecule is CNc1nc(OC(C)=O)cc(N2CCC[C@@H](NC(=O)OC(C)(C)C)C2)c1[N+](=O)[O-]. The molecule has 11 heteroatoms. The van der Waals surface area contributed by atoms with E-state index < -0.39 is 22.6 Å². The number of hydrogen-bond donors (Lipinski definition) is 2. The van der Waals surface area contributed by atoms with Crippen molar-refractivity contribution in [1.29, 1.82) is 0 Å². The van der Waals surface area contributed by atoms with E-state index in [1.807, 2.05) is 0 Å². The number of carbonyl (C=O) groups is 2. The second kappa shape index (κ2) is 8.93. The highest BCUT2D eigenvalue weighted by Crippen LogP contribution is 2.38. The average molecular weight is 409 g/mol. The molecule has 0 aromatic carbocycles. The first-order valence-electron chi connectivity index (χ1n) is 9.30. The van der Waals surface area contributed by atoms with Crippen molar-refractivity contribution in [2.24, 2.45) is 0 Å². The molecule has 1 saturated heterocycles. The molecule has 2 rings (SSSR count). The molecule has 1 atom stereocenters. The second-order valence-electron chi connectivity index (χ2n) is 7.71. The fourth-order valence-corrected chi connectivity index (χ4v) is 3.08. The number of rotatable bonds is 5. The van der Waals surface area contributed by atoms with Gasteiger partial charge in [0.1, 0.15) is 11.3 Å². The lowest BCUT2D eigenvalue weighted by molar-refractivity contribution is -0.383. The van der Waals surface area contributed by atoms with Crippen LogP contribution in [0.25, 0.3) is 0 Å². The number of carbonyl (C=O) groups excluding carboxylic acids is 2. The summed E-state index contributed by atoms with van der Waals surface area (Å²) in [4.78, 5) is 40.3. The Morgan fingerprint density at radius 3 is 2.62 bits per heavy atom. The van der Waals surface area contributed by atoms with Gasteiger partial charge in [-0.2, -0.15) is 4.98 Å². The molecular formula is C18H27N5O6. The van der Waals surface area contributed by atoms with Gasteiger partial charge in [-0.3, -0.25) is 14.9 Å². The zero-order valence-corrected chi connectivity index (χ0v) is 17.3. The van der Waals surface area contributed by atoms with Crippen molar-refractivity contribution in [3.8, 4) is 5.88 Å². The van der Waals surface area contributed by atoms with E-state index >= 15 is 0 Å². The van der Waals surface area contributed by atoms with Crippen LogP contribution in [0.1, 0.15) is 40.5 Å².